The summed E-state index contributed by atoms with van der Waals surface area (Å²) in [5, 5.41) is 19.4. The lowest BCUT2D eigenvalue weighted by atomic mass is 10.1. The van der Waals surface area contributed by atoms with Crippen molar-refractivity contribution in [3.05, 3.63) is 63.6 Å². The topological polar surface area (TPSA) is 57.5 Å². The average molecular weight is 333 g/mol. The third kappa shape index (κ3) is 3.27. The van der Waals surface area contributed by atoms with Crippen molar-refractivity contribution in [2.24, 2.45) is 0 Å². The Morgan fingerprint density at radius 1 is 1.10 bits per heavy atom. The molecule has 0 fully saturated rings. The number of allylic oxidation sites excluding steroid dienone is 1. The van der Waals surface area contributed by atoms with Gasteiger partial charge in [-0.25, -0.2) is 0 Å². The molecule has 0 heterocycles. The number of carbonyl (C=O) groups excluding carboxylic acids is 1. The molecule has 20 heavy (non-hydrogen) atoms. The minimum Gasteiger partial charge on any atom is -0.507 e. The van der Waals surface area contributed by atoms with Crippen LogP contribution in [0.3, 0.4) is 0 Å². The first-order chi connectivity index (χ1) is 9.47. The summed E-state index contributed by atoms with van der Waals surface area (Å²) in [5.74, 6) is -0.278. The summed E-state index contributed by atoms with van der Waals surface area (Å²) in [5.41, 5.74) is 1.67. The van der Waals surface area contributed by atoms with Gasteiger partial charge >= 0.3 is 0 Å². The van der Waals surface area contributed by atoms with Gasteiger partial charge in [0.15, 0.2) is 5.78 Å². The lowest BCUT2D eigenvalue weighted by Gasteiger charge is -2.02. The van der Waals surface area contributed by atoms with Crippen LogP contribution in [0.1, 0.15) is 21.5 Å². The molecule has 0 saturated heterocycles. The van der Waals surface area contributed by atoms with E-state index in [-0.39, 0.29) is 22.8 Å². The molecule has 2 aromatic carbocycles. The number of ketones is 1. The largest absolute Gasteiger partial charge is 0.507 e. The van der Waals surface area contributed by atoms with E-state index in [0.717, 1.165) is 10.0 Å². The van der Waals surface area contributed by atoms with E-state index in [1.807, 2.05) is 6.92 Å². The maximum atomic E-state index is 12.0. The second kappa shape index (κ2) is 5.92. The Labute approximate surface area is 125 Å². The van der Waals surface area contributed by atoms with Gasteiger partial charge in [0, 0.05) is 10.0 Å². The molecule has 2 rings (SSSR count). The van der Waals surface area contributed by atoms with Crippen LogP contribution in [0, 0.1) is 6.92 Å². The number of halogens is 1. The highest BCUT2D eigenvalue weighted by atomic mass is 79.9. The summed E-state index contributed by atoms with van der Waals surface area (Å²) in [4.78, 5) is 12.0. The van der Waals surface area contributed by atoms with Crippen molar-refractivity contribution in [1.29, 1.82) is 0 Å². The van der Waals surface area contributed by atoms with E-state index in [0.29, 0.717) is 5.56 Å². The Hall–Kier alpha value is -2.07. The molecule has 102 valence electrons. The zero-order valence-electron chi connectivity index (χ0n) is 10.8. The van der Waals surface area contributed by atoms with Crippen LogP contribution in [0.25, 0.3) is 6.08 Å². The standard InChI is InChI=1S/C16H13BrO3/c1-10-2-5-15(19)13(8-10)16(20)6-3-11-9-12(17)4-7-14(11)18/h2-9,18-19H,1H3/b6-3+. The second-order valence-electron chi connectivity index (χ2n) is 4.42. The first kappa shape index (κ1) is 14.3. The molecule has 2 N–H and O–H groups in total. The number of benzene rings is 2. The van der Waals surface area contributed by atoms with E-state index >= 15 is 0 Å². The van der Waals surface area contributed by atoms with Crippen molar-refractivity contribution >= 4 is 27.8 Å². The molecule has 0 unspecified atom stereocenters. The number of phenolic OH excluding ortho intramolecular Hbond substituents is 2. The van der Waals surface area contributed by atoms with Crippen LogP contribution in [0.15, 0.2) is 46.9 Å². The minimum absolute atomic E-state index is 0.0521. The molecule has 0 aliphatic carbocycles. The first-order valence-electron chi connectivity index (χ1n) is 5.98. The van der Waals surface area contributed by atoms with Crippen molar-refractivity contribution in [2.45, 2.75) is 6.92 Å². The predicted molar refractivity (Wildman–Crippen MR) is 82.0 cm³/mol. The molecule has 4 heteroatoms. The van der Waals surface area contributed by atoms with Crippen molar-refractivity contribution in [2.75, 3.05) is 0 Å². The van der Waals surface area contributed by atoms with Gasteiger partial charge in [-0.3, -0.25) is 4.79 Å². The predicted octanol–water partition coefficient (Wildman–Crippen LogP) is 4.06. The van der Waals surface area contributed by atoms with Gasteiger partial charge in [0.05, 0.1) is 5.56 Å². The number of aromatic hydroxyl groups is 2. The fourth-order valence-electron chi connectivity index (χ4n) is 1.76. The van der Waals surface area contributed by atoms with Gasteiger partial charge < -0.3 is 10.2 Å². The normalized spacial score (nSPS) is 10.9. The molecule has 0 radical (unpaired) electrons. The lowest BCUT2D eigenvalue weighted by Crippen LogP contribution is -1.95. The van der Waals surface area contributed by atoms with Crippen molar-refractivity contribution in [3.63, 3.8) is 0 Å². The van der Waals surface area contributed by atoms with Gasteiger partial charge in [-0.1, -0.05) is 27.6 Å². The molecule has 0 bridgehead atoms. The first-order valence-corrected chi connectivity index (χ1v) is 6.77. The summed E-state index contributed by atoms with van der Waals surface area (Å²) < 4.78 is 0.806. The minimum atomic E-state index is -0.314. The molecule has 0 saturated carbocycles. The molecular formula is C16H13BrO3. The summed E-state index contributed by atoms with van der Waals surface area (Å²) >= 11 is 3.30. The fourth-order valence-corrected chi connectivity index (χ4v) is 2.14. The van der Waals surface area contributed by atoms with Gasteiger partial charge in [0.2, 0.25) is 0 Å². The summed E-state index contributed by atoms with van der Waals surface area (Å²) in [6.07, 6.45) is 2.85. The van der Waals surface area contributed by atoms with Gasteiger partial charge in [-0.15, -0.1) is 0 Å². The number of hydrogen-bond donors (Lipinski definition) is 2. The zero-order chi connectivity index (χ0) is 14.7. The van der Waals surface area contributed by atoms with E-state index in [1.165, 1.54) is 18.2 Å². The van der Waals surface area contributed by atoms with Crippen LogP contribution in [-0.2, 0) is 0 Å². The monoisotopic (exact) mass is 332 g/mol. The maximum Gasteiger partial charge on any atom is 0.189 e. The Kier molecular flexibility index (Phi) is 4.25. The molecule has 3 nitrogen and oxygen atoms in total. The Morgan fingerprint density at radius 3 is 2.55 bits per heavy atom. The molecule has 0 aromatic heterocycles. The van der Waals surface area contributed by atoms with Crippen molar-refractivity contribution in [1.82, 2.24) is 0 Å². The smallest absolute Gasteiger partial charge is 0.189 e. The number of phenols is 2. The van der Waals surface area contributed by atoms with Crippen LogP contribution < -0.4 is 0 Å². The van der Waals surface area contributed by atoms with E-state index in [4.69, 9.17) is 0 Å². The summed E-state index contributed by atoms with van der Waals surface area (Å²) in [6.45, 7) is 1.85. The zero-order valence-corrected chi connectivity index (χ0v) is 12.4. The highest BCUT2D eigenvalue weighted by Crippen LogP contribution is 2.24. The Morgan fingerprint density at radius 2 is 1.80 bits per heavy atom. The molecule has 0 aliphatic rings. The third-order valence-electron chi connectivity index (χ3n) is 2.82. The molecule has 0 spiro atoms. The van der Waals surface area contributed by atoms with Gasteiger partial charge in [0.25, 0.3) is 0 Å². The van der Waals surface area contributed by atoms with Crippen LogP contribution in [0.2, 0.25) is 0 Å². The number of aryl methyl sites for hydroxylation is 1. The van der Waals surface area contributed by atoms with Gasteiger partial charge in [-0.2, -0.15) is 0 Å². The number of hydrogen-bond acceptors (Lipinski definition) is 3. The summed E-state index contributed by atoms with van der Waals surface area (Å²) in [6, 6.07) is 9.81. The van der Waals surface area contributed by atoms with Crippen molar-refractivity contribution < 1.29 is 15.0 Å². The van der Waals surface area contributed by atoms with Gasteiger partial charge in [0.1, 0.15) is 11.5 Å². The van der Waals surface area contributed by atoms with Crippen LogP contribution in [0.5, 0.6) is 11.5 Å². The SMILES string of the molecule is Cc1ccc(O)c(C(=O)/C=C/c2cc(Br)ccc2O)c1. The third-order valence-corrected chi connectivity index (χ3v) is 3.31. The van der Waals surface area contributed by atoms with Gasteiger partial charge in [-0.05, 0) is 49.4 Å². The van der Waals surface area contributed by atoms with E-state index < -0.39 is 0 Å². The lowest BCUT2D eigenvalue weighted by molar-refractivity contribution is 0.104. The number of rotatable bonds is 3. The van der Waals surface area contributed by atoms with E-state index in [9.17, 15) is 15.0 Å². The molecule has 0 atom stereocenters. The van der Waals surface area contributed by atoms with Crippen LogP contribution in [-0.4, -0.2) is 16.0 Å². The van der Waals surface area contributed by atoms with Crippen molar-refractivity contribution in [3.8, 4) is 11.5 Å². The molecule has 2 aromatic rings. The van der Waals surface area contributed by atoms with Crippen LogP contribution in [0.4, 0.5) is 0 Å². The molecular weight excluding hydrogens is 320 g/mol. The van der Waals surface area contributed by atoms with E-state index in [1.54, 1.807) is 30.3 Å². The second-order valence-corrected chi connectivity index (χ2v) is 5.34. The highest BCUT2D eigenvalue weighted by molar-refractivity contribution is 9.10. The number of carbonyl (C=O) groups is 1. The highest BCUT2D eigenvalue weighted by Gasteiger charge is 2.08. The average Bonchev–Trinajstić information content (AvgIpc) is 2.42. The Bertz CT molecular complexity index is 690. The molecule has 0 amide bonds. The maximum absolute atomic E-state index is 12.0. The van der Waals surface area contributed by atoms with E-state index in [2.05, 4.69) is 15.9 Å². The quantitative estimate of drug-likeness (QED) is 0.658. The Balaban J connectivity index is 2.29. The fraction of sp³-hybridized carbons (Fsp3) is 0.0625. The summed E-state index contributed by atoms with van der Waals surface area (Å²) in [7, 11) is 0. The van der Waals surface area contributed by atoms with Crippen LogP contribution >= 0.6 is 15.9 Å². The molecule has 0 aliphatic heterocycles.